The van der Waals surface area contributed by atoms with Crippen molar-refractivity contribution < 1.29 is 19.4 Å². The maximum atomic E-state index is 10.9. The molecule has 0 atom stereocenters. The van der Waals surface area contributed by atoms with Crippen LogP contribution in [0.25, 0.3) is 0 Å². The molecular formula is C12H14O4. The Morgan fingerprint density at radius 2 is 1.88 bits per heavy atom. The Morgan fingerprint density at radius 1 is 1.19 bits per heavy atom. The minimum atomic E-state index is -1.16. The van der Waals surface area contributed by atoms with E-state index >= 15 is 0 Å². The summed E-state index contributed by atoms with van der Waals surface area (Å²) in [6.45, 7) is 0.265. The predicted molar refractivity (Wildman–Crippen MR) is 58.0 cm³/mol. The molecule has 1 aromatic carbocycles. The summed E-state index contributed by atoms with van der Waals surface area (Å²) < 4.78 is 4.75. The van der Waals surface area contributed by atoms with Crippen LogP contribution < -0.4 is 0 Å². The van der Waals surface area contributed by atoms with Gasteiger partial charge in [0.25, 0.3) is 0 Å². The van der Waals surface area contributed by atoms with Gasteiger partial charge in [0.1, 0.15) is 6.42 Å². The summed E-state index contributed by atoms with van der Waals surface area (Å²) in [5, 5.41) is 8.32. The van der Waals surface area contributed by atoms with Crippen LogP contribution in [0.1, 0.15) is 18.4 Å². The summed E-state index contributed by atoms with van der Waals surface area (Å²) in [4.78, 5) is 21.0. The summed E-state index contributed by atoms with van der Waals surface area (Å²) >= 11 is 0. The van der Waals surface area contributed by atoms with Gasteiger partial charge >= 0.3 is 11.9 Å². The zero-order valence-electron chi connectivity index (χ0n) is 8.89. The number of carbonyl (C=O) groups excluding carboxylic acids is 1. The fraction of sp³-hybridized carbons (Fsp3) is 0.333. The van der Waals surface area contributed by atoms with Crippen LogP contribution in [0.15, 0.2) is 30.3 Å². The Hall–Kier alpha value is -1.84. The Kier molecular flexibility index (Phi) is 5.05. The van der Waals surface area contributed by atoms with Gasteiger partial charge in [-0.1, -0.05) is 30.3 Å². The van der Waals surface area contributed by atoms with Crippen LogP contribution >= 0.6 is 0 Å². The number of rotatable bonds is 6. The van der Waals surface area contributed by atoms with Crippen LogP contribution in [0, 0.1) is 0 Å². The normalized spacial score (nSPS) is 9.75. The predicted octanol–water partition coefficient (Wildman–Crippen LogP) is 1.64. The van der Waals surface area contributed by atoms with Gasteiger partial charge in [-0.25, -0.2) is 0 Å². The highest BCUT2D eigenvalue weighted by molar-refractivity contribution is 5.90. The summed E-state index contributed by atoms with van der Waals surface area (Å²) in [7, 11) is 0. The molecule has 0 aliphatic carbocycles. The molecule has 0 saturated heterocycles. The van der Waals surface area contributed by atoms with Gasteiger partial charge in [0.15, 0.2) is 0 Å². The van der Waals surface area contributed by atoms with E-state index in [0.29, 0.717) is 6.42 Å². The van der Waals surface area contributed by atoms with Gasteiger partial charge in [-0.3, -0.25) is 9.59 Å². The molecule has 0 heterocycles. The van der Waals surface area contributed by atoms with E-state index in [9.17, 15) is 9.59 Å². The van der Waals surface area contributed by atoms with E-state index in [0.717, 1.165) is 6.42 Å². The minimum Gasteiger partial charge on any atom is -0.481 e. The van der Waals surface area contributed by atoms with E-state index in [1.165, 1.54) is 5.56 Å². The Labute approximate surface area is 93.9 Å². The van der Waals surface area contributed by atoms with E-state index < -0.39 is 18.4 Å². The lowest BCUT2D eigenvalue weighted by Crippen LogP contribution is -2.11. The van der Waals surface area contributed by atoms with Gasteiger partial charge in [-0.2, -0.15) is 0 Å². The zero-order chi connectivity index (χ0) is 11.8. The molecule has 0 aliphatic heterocycles. The third-order valence-corrected chi connectivity index (χ3v) is 2.01. The molecule has 0 fully saturated rings. The van der Waals surface area contributed by atoms with Crippen LogP contribution in [0.3, 0.4) is 0 Å². The van der Waals surface area contributed by atoms with Crippen molar-refractivity contribution >= 4 is 11.9 Å². The van der Waals surface area contributed by atoms with E-state index in [-0.39, 0.29) is 6.61 Å². The van der Waals surface area contributed by atoms with Crippen LogP contribution in [0.4, 0.5) is 0 Å². The van der Waals surface area contributed by atoms with Crippen molar-refractivity contribution in [2.75, 3.05) is 6.61 Å². The van der Waals surface area contributed by atoms with Gasteiger partial charge in [0.2, 0.25) is 0 Å². The Morgan fingerprint density at radius 3 is 2.50 bits per heavy atom. The van der Waals surface area contributed by atoms with Gasteiger partial charge in [0, 0.05) is 0 Å². The maximum absolute atomic E-state index is 10.9. The first-order chi connectivity index (χ1) is 7.68. The number of benzene rings is 1. The van der Waals surface area contributed by atoms with Gasteiger partial charge in [-0.05, 0) is 18.4 Å². The molecule has 4 heteroatoms. The first kappa shape index (κ1) is 12.2. The Balaban J connectivity index is 2.13. The van der Waals surface area contributed by atoms with Crippen molar-refractivity contribution in [2.24, 2.45) is 0 Å². The van der Waals surface area contributed by atoms with Gasteiger partial charge in [0.05, 0.1) is 6.61 Å². The molecule has 0 saturated carbocycles. The molecule has 0 bridgehead atoms. The van der Waals surface area contributed by atoms with E-state index in [1.807, 2.05) is 30.3 Å². The van der Waals surface area contributed by atoms with Crippen molar-refractivity contribution in [2.45, 2.75) is 19.3 Å². The fourth-order valence-corrected chi connectivity index (χ4v) is 1.28. The molecular weight excluding hydrogens is 208 g/mol. The maximum Gasteiger partial charge on any atom is 0.317 e. The van der Waals surface area contributed by atoms with Gasteiger partial charge < -0.3 is 9.84 Å². The lowest BCUT2D eigenvalue weighted by Gasteiger charge is -2.03. The van der Waals surface area contributed by atoms with Crippen molar-refractivity contribution in [3.05, 3.63) is 35.9 Å². The molecule has 0 amide bonds. The highest BCUT2D eigenvalue weighted by atomic mass is 16.5. The molecule has 0 unspecified atom stereocenters. The van der Waals surface area contributed by atoms with E-state index in [1.54, 1.807) is 0 Å². The largest absolute Gasteiger partial charge is 0.481 e. The lowest BCUT2D eigenvalue weighted by atomic mass is 10.1. The molecule has 1 N–H and O–H groups in total. The average molecular weight is 222 g/mol. The standard InChI is InChI=1S/C12H14O4/c13-11(14)9-12(15)16-8-4-7-10-5-2-1-3-6-10/h1-3,5-6H,4,7-9H2,(H,13,14). The number of hydrogen-bond acceptors (Lipinski definition) is 3. The van der Waals surface area contributed by atoms with Crippen molar-refractivity contribution in [3.8, 4) is 0 Å². The molecule has 4 nitrogen and oxygen atoms in total. The smallest absolute Gasteiger partial charge is 0.317 e. The first-order valence-corrected chi connectivity index (χ1v) is 5.10. The molecule has 0 aliphatic rings. The van der Waals surface area contributed by atoms with E-state index in [4.69, 9.17) is 9.84 Å². The second-order valence-corrected chi connectivity index (χ2v) is 3.38. The molecule has 0 radical (unpaired) electrons. The topological polar surface area (TPSA) is 63.6 Å². The third-order valence-electron chi connectivity index (χ3n) is 2.01. The summed E-state index contributed by atoms with van der Waals surface area (Å²) in [6.07, 6.45) is 0.960. The van der Waals surface area contributed by atoms with Crippen LogP contribution in [0.5, 0.6) is 0 Å². The molecule has 86 valence electrons. The summed E-state index contributed by atoms with van der Waals surface area (Å²) in [6, 6.07) is 9.84. The number of carbonyl (C=O) groups is 2. The average Bonchev–Trinajstić information content (AvgIpc) is 2.25. The number of esters is 1. The van der Waals surface area contributed by atoms with Crippen molar-refractivity contribution in [1.29, 1.82) is 0 Å². The fourth-order valence-electron chi connectivity index (χ4n) is 1.28. The summed E-state index contributed by atoms with van der Waals surface area (Å²) in [5.41, 5.74) is 1.18. The second-order valence-electron chi connectivity index (χ2n) is 3.38. The molecule has 16 heavy (non-hydrogen) atoms. The van der Waals surface area contributed by atoms with Crippen molar-refractivity contribution in [3.63, 3.8) is 0 Å². The summed E-state index contributed by atoms with van der Waals surface area (Å²) in [5.74, 6) is -1.84. The van der Waals surface area contributed by atoms with Gasteiger partial charge in [-0.15, -0.1) is 0 Å². The number of aliphatic carboxylic acids is 1. The zero-order valence-corrected chi connectivity index (χ0v) is 8.89. The SMILES string of the molecule is O=C(O)CC(=O)OCCCc1ccccc1. The highest BCUT2D eigenvalue weighted by Crippen LogP contribution is 2.02. The first-order valence-electron chi connectivity index (χ1n) is 5.10. The lowest BCUT2D eigenvalue weighted by molar-refractivity contribution is -0.151. The van der Waals surface area contributed by atoms with E-state index in [2.05, 4.69) is 0 Å². The highest BCUT2D eigenvalue weighted by Gasteiger charge is 2.07. The number of aryl methyl sites for hydroxylation is 1. The van der Waals surface area contributed by atoms with Crippen LogP contribution in [0.2, 0.25) is 0 Å². The Bertz CT molecular complexity index is 345. The number of carboxylic acids is 1. The minimum absolute atomic E-state index is 0.265. The number of ether oxygens (including phenoxy) is 1. The molecule has 0 aromatic heterocycles. The van der Waals surface area contributed by atoms with Crippen molar-refractivity contribution in [1.82, 2.24) is 0 Å². The number of carboxylic acid groups (broad SMARTS) is 1. The van der Waals surface area contributed by atoms with Crippen LogP contribution in [-0.2, 0) is 20.7 Å². The monoisotopic (exact) mass is 222 g/mol. The molecule has 0 spiro atoms. The van der Waals surface area contributed by atoms with Crippen LogP contribution in [-0.4, -0.2) is 23.7 Å². The molecule has 1 rings (SSSR count). The third kappa shape index (κ3) is 5.14. The quantitative estimate of drug-likeness (QED) is 0.451. The number of hydrogen-bond donors (Lipinski definition) is 1. The molecule has 1 aromatic rings. The second kappa shape index (κ2) is 6.61.